The van der Waals surface area contributed by atoms with Crippen molar-refractivity contribution in [2.75, 3.05) is 0 Å². The van der Waals surface area contributed by atoms with Crippen LogP contribution in [0.25, 0.3) is 21.8 Å². The van der Waals surface area contributed by atoms with Gasteiger partial charge < -0.3 is 15.1 Å². The lowest BCUT2D eigenvalue weighted by Crippen LogP contribution is -2.07. The topological polar surface area (TPSA) is 68.9 Å². The quantitative estimate of drug-likeness (QED) is 0.262. The summed E-state index contributed by atoms with van der Waals surface area (Å²) in [5.41, 5.74) is 6.88. The van der Waals surface area contributed by atoms with Crippen molar-refractivity contribution >= 4 is 27.8 Å². The SMILES string of the molecule is CCCCc1ccc2[nH]cc(C(CC(=O)O)c3c[nH]c4ccc(CCCC)cc34)c2c1. The maximum atomic E-state index is 11.9. The standard InChI is InChI=1S/C27H32N2O2/c1-3-5-7-18-9-11-25-21(13-18)23(16-28-25)20(15-27(30)31)24-17-29-26-12-10-19(8-6-4-2)14-22(24)26/h9-14,16-17,20,28-29H,3-8,15H2,1-2H3,(H,30,31). The molecule has 2 heterocycles. The molecule has 4 heteroatoms. The van der Waals surface area contributed by atoms with E-state index in [1.165, 1.54) is 11.1 Å². The van der Waals surface area contributed by atoms with E-state index < -0.39 is 5.97 Å². The maximum absolute atomic E-state index is 11.9. The van der Waals surface area contributed by atoms with Crippen LogP contribution in [-0.2, 0) is 17.6 Å². The Morgan fingerprint density at radius 2 is 1.32 bits per heavy atom. The molecule has 0 spiro atoms. The number of nitrogens with one attached hydrogen (secondary N) is 2. The number of carbonyl (C=O) groups is 1. The molecule has 0 aliphatic heterocycles. The van der Waals surface area contributed by atoms with Gasteiger partial charge in [-0.15, -0.1) is 0 Å². The van der Waals surface area contributed by atoms with E-state index in [2.05, 4.69) is 60.2 Å². The number of fused-ring (bicyclic) bond motifs is 2. The van der Waals surface area contributed by atoms with Crippen molar-refractivity contribution in [3.8, 4) is 0 Å². The fraction of sp³-hybridized carbons (Fsp3) is 0.370. The summed E-state index contributed by atoms with van der Waals surface area (Å²) in [5, 5.41) is 12.0. The number of unbranched alkanes of at least 4 members (excludes halogenated alkanes) is 2. The first kappa shape index (κ1) is 21.2. The lowest BCUT2D eigenvalue weighted by atomic mass is 9.87. The van der Waals surface area contributed by atoms with Gasteiger partial charge in [-0.1, -0.05) is 38.8 Å². The molecule has 0 fully saturated rings. The molecule has 4 nitrogen and oxygen atoms in total. The second-order valence-corrected chi connectivity index (χ2v) is 8.61. The molecule has 3 N–H and O–H groups in total. The zero-order valence-corrected chi connectivity index (χ0v) is 18.5. The van der Waals surface area contributed by atoms with Crippen LogP contribution in [0.2, 0.25) is 0 Å². The third-order valence-electron chi connectivity index (χ3n) is 6.32. The van der Waals surface area contributed by atoms with Crippen molar-refractivity contribution < 1.29 is 9.90 Å². The van der Waals surface area contributed by atoms with E-state index in [1.54, 1.807) is 0 Å². The lowest BCUT2D eigenvalue weighted by Gasteiger charge is -2.15. The predicted octanol–water partition coefficient (Wildman–Crippen LogP) is 6.94. The highest BCUT2D eigenvalue weighted by Gasteiger charge is 2.24. The van der Waals surface area contributed by atoms with Gasteiger partial charge in [-0.05, 0) is 72.2 Å². The molecule has 2 aromatic carbocycles. The van der Waals surface area contributed by atoms with Gasteiger partial charge in [0.25, 0.3) is 0 Å². The molecule has 0 unspecified atom stereocenters. The predicted molar refractivity (Wildman–Crippen MR) is 128 cm³/mol. The smallest absolute Gasteiger partial charge is 0.304 e. The number of H-pyrrole nitrogens is 2. The molecule has 0 saturated heterocycles. The number of aliphatic carboxylic acids is 1. The highest BCUT2D eigenvalue weighted by atomic mass is 16.4. The molecule has 0 atom stereocenters. The Morgan fingerprint density at radius 3 is 1.74 bits per heavy atom. The minimum Gasteiger partial charge on any atom is -0.481 e. The molecule has 2 aromatic heterocycles. The van der Waals surface area contributed by atoms with Gasteiger partial charge in [0.1, 0.15) is 0 Å². The average molecular weight is 417 g/mol. The van der Waals surface area contributed by atoms with E-state index in [0.717, 1.165) is 71.5 Å². The van der Waals surface area contributed by atoms with Crippen LogP contribution in [-0.4, -0.2) is 21.0 Å². The van der Waals surface area contributed by atoms with E-state index in [9.17, 15) is 9.90 Å². The lowest BCUT2D eigenvalue weighted by molar-refractivity contribution is -0.137. The molecule has 0 aliphatic carbocycles. The summed E-state index contributed by atoms with van der Waals surface area (Å²) in [6.45, 7) is 4.41. The molecule has 162 valence electrons. The van der Waals surface area contributed by atoms with Gasteiger partial charge in [-0.25, -0.2) is 0 Å². The van der Waals surface area contributed by atoms with Gasteiger partial charge in [-0.2, -0.15) is 0 Å². The maximum Gasteiger partial charge on any atom is 0.304 e. The van der Waals surface area contributed by atoms with Crippen LogP contribution in [0.5, 0.6) is 0 Å². The highest BCUT2D eigenvalue weighted by Crippen LogP contribution is 2.37. The van der Waals surface area contributed by atoms with E-state index in [0.29, 0.717) is 0 Å². The molecule has 0 amide bonds. The van der Waals surface area contributed by atoms with Gasteiger partial charge >= 0.3 is 5.97 Å². The molecule has 0 aliphatic rings. The molecule has 0 radical (unpaired) electrons. The number of aromatic nitrogens is 2. The fourth-order valence-electron chi connectivity index (χ4n) is 4.59. The largest absolute Gasteiger partial charge is 0.481 e. The van der Waals surface area contributed by atoms with Gasteiger partial charge in [0.15, 0.2) is 0 Å². The van der Waals surface area contributed by atoms with Crippen LogP contribution < -0.4 is 0 Å². The number of carboxylic acid groups (broad SMARTS) is 1. The van der Waals surface area contributed by atoms with E-state index >= 15 is 0 Å². The van der Waals surface area contributed by atoms with Crippen molar-refractivity contribution in [2.45, 2.75) is 64.7 Å². The number of aromatic amines is 2. The number of carboxylic acids is 1. The van der Waals surface area contributed by atoms with Crippen LogP contribution >= 0.6 is 0 Å². The monoisotopic (exact) mass is 416 g/mol. The molecular weight excluding hydrogens is 384 g/mol. The summed E-state index contributed by atoms with van der Waals surface area (Å²) in [7, 11) is 0. The van der Waals surface area contributed by atoms with Gasteiger partial charge in [0.05, 0.1) is 6.42 Å². The van der Waals surface area contributed by atoms with Crippen LogP contribution in [0.4, 0.5) is 0 Å². The van der Waals surface area contributed by atoms with E-state index in [1.807, 2.05) is 12.4 Å². The van der Waals surface area contributed by atoms with Crippen molar-refractivity contribution in [2.24, 2.45) is 0 Å². The van der Waals surface area contributed by atoms with Crippen molar-refractivity contribution in [3.05, 3.63) is 71.0 Å². The number of hydrogen-bond acceptors (Lipinski definition) is 1. The Morgan fingerprint density at radius 1 is 0.839 bits per heavy atom. The zero-order valence-electron chi connectivity index (χ0n) is 18.5. The Hall–Kier alpha value is -3.01. The van der Waals surface area contributed by atoms with E-state index in [-0.39, 0.29) is 12.3 Å². The van der Waals surface area contributed by atoms with Crippen LogP contribution in [0.3, 0.4) is 0 Å². The normalized spacial score (nSPS) is 11.7. The summed E-state index contributed by atoms with van der Waals surface area (Å²) in [4.78, 5) is 18.6. The zero-order chi connectivity index (χ0) is 21.8. The summed E-state index contributed by atoms with van der Waals surface area (Å²) in [6, 6.07) is 13.1. The van der Waals surface area contributed by atoms with Crippen molar-refractivity contribution in [1.29, 1.82) is 0 Å². The first-order chi connectivity index (χ1) is 15.1. The first-order valence-electron chi connectivity index (χ1n) is 11.5. The van der Waals surface area contributed by atoms with Crippen LogP contribution in [0.1, 0.15) is 74.1 Å². The summed E-state index contributed by atoms with van der Waals surface area (Å²) in [6.07, 6.45) is 10.8. The number of aryl methyl sites for hydroxylation is 2. The minimum absolute atomic E-state index is 0.0677. The molecule has 0 saturated carbocycles. The minimum atomic E-state index is -0.780. The van der Waals surface area contributed by atoms with Crippen LogP contribution in [0, 0.1) is 0 Å². The van der Waals surface area contributed by atoms with Gasteiger partial charge in [0, 0.05) is 40.1 Å². The van der Waals surface area contributed by atoms with E-state index in [4.69, 9.17) is 0 Å². The molecule has 4 aromatic rings. The molecule has 0 bridgehead atoms. The summed E-state index contributed by atoms with van der Waals surface area (Å²) >= 11 is 0. The van der Waals surface area contributed by atoms with Crippen LogP contribution in [0.15, 0.2) is 48.8 Å². The molecule has 31 heavy (non-hydrogen) atoms. The number of benzene rings is 2. The Kier molecular flexibility index (Phi) is 6.45. The third kappa shape index (κ3) is 4.53. The van der Waals surface area contributed by atoms with Gasteiger partial charge in [-0.3, -0.25) is 4.79 Å². The Labute approximate surface area is 183 Å². The Balaban J connectivity index is 1.80. The summed E-state index contributed by atoms with van der Waals surface area (Å²) in [5.74, 6) is -0.985. The molecular formula is C27H32N2O2. The first-order valence-corrected chi connectivity index (χ1v) is 11.5. The second-order valence-electron chi connectivity index (χ2n) is 8.61. The fourth-order valence-corrected chi connectivity index (χ4v) is 4.59. The summed E-state index contributed by atoms with van der Waals surface area (Å²) < 4.78 is 0. The Bertz CT molecular complexity index is 1100. The average Bonchev–Trinajstić information content (AvgIpc) is 3.38. The number of rotatable bonds is 10. The second kappa shape index (κ2) is 9.42. The number of hydrogen-bond donors (Lipinski definition) is 3. The molecule has 4 rings (SSSR count). The van der Waals surface area contributed by atoms with Gasteiger partial charge in [0.2, 0.25) is 0 Å². The van der Waals surface area contributed by atoms with Crippen molar-refractivity contribution in [3.63, 3.8) is 0 Å². The highest BCUT2D eigenvalue weighted by molar-refractivity contribution is 5.90. The van der Waals surface area contributed by atoms with Crippen molar-refractivity contribution in [1.82, 2.24) is 9.97 Å². The third-order valence-corrected chi connectivity index (χ3v) is 6.32.